The standard InChI is InChI=1S/C15H21N3/c1-11-4-7-15(13(8-11)9-16)17-10-12(2)18(3)14-5-6-14/h4,7-8,12,14,17H,5-6,10H2,1-3H3. The number of nitriles is 1. The van der Waals surface area contributed by atoms with Crippen LogP contribution in [-0.2, 0) is 0 Å². The smallest absolute Gasteiger partial charge is 0.101 e. The molecule has 3 nitrogen and oxygen atoms in total. The van der Waals surface area contributed by atoms with E-state index < -0.39 is 0 Å². The molecule has 0 heterocycles. The summed E-state index contributed by atoms with van der Waals surface area (Å²) in [6.07, 6.45) is 2.66. The quantitative estimate of drug-likeness (QED) is 0.864. The van der Waals surface area contributed by atoms with Crippen LogP contribution < -0.4 is 5.32 Å². The summed E-state index contributed by atoms with van der Waals surface area (Å²) in [5.41, 5.74) is 2.80. The van der Waals surface area contributed by atoms with Gasteiger partial charge in [0, 0.05) is 18.6 Å². The fraction of sp³-hybridized carbons (Fsp3) is 0.533. The molecule has 18 heavy (non-hydrogen) atoms. The second-order valence-electron chi connectivity index (χ2n) is 5.29. The first-order valence-electron chi connectivity index (χ1n) is 6.58. The molecule has 1 saturated carbocycles. The normalized spacial score (nSPS) is 16.4. The summed E-state index contributed by atoms with van der Waals surface area (Å²) in [6.45, 7) is 5.12. The predicted octanol–water partition coefficient (Wildman–Crippen LogP) is 2.76. The van der Waals surface area contributed by atoms with E-state index in [4.69, 9.17) is 5.26 Å². The maximum absolute atomic E-state index is 9.12. The Kier molecular flexibility index (Phi) is 3.88. The Morgan fingerprint density at radius 1 is 1.50 bits per heavy atom. The van der Waals surface area contributed by atoms with E-state index in [0.717, 1.165) is 29.4 Å². The maximum Gasteiger partial charge on any atom is 0.101 e. The number of benzene rings is 1. The van der Waals surface area contributed by atoms with Crippen LogP contribution in [-0.4, -0.2) is 30.6 Å². The molecule has 0 saturated heterocycles. The van der Waals surface area contributed by atoms with E-state index in [0.29, 0.717) is 6.04 Å². The first kappa shape index (κ1) is 12.9. The van der Waals surface area contributed by atoms with Crippen LogP contribution in [0.1, 0.15) is 30.9 Å². The molecule has 1 atom stereocenters. The molecule has 2 rings (SSSR count). The summed E-state index contributed by atoms with van der Waals surface area (Å²) < 4.78 is 0. The van der Waals surface area contributed by atoms with E-state index in [2.05, 4.69) is 30.3 Å². The summed E-state index contributed by atoms with van der Waals surface area (Å²) in [5.74, 6) is 0. The number of rotatable bonds is 5. The summed E-state index contributed by atoms with van der Waals surface area (Å²) in [5, 5.41) is 12.5. The highest BCUT2D eigenvalue weighted by Crippen LogP contribution is 2.27. The van der Waals surface area contributed by atoms with Crippen molar-refractivity contribution in [2.75, 3.05) is 18.9 Å². The predicted molar refractivity (Wildman–Crippen MR) is 74.6 cm³/mol. The van der Waals surface area contributed by atoms with Gasteiger partial charge in [0.1, 0.15) is 6.07 Å². The molecule has 3 heteroatoms. The van der Waals surface area contributed by atoms with Crippen molar-refractivity contribution >= 4 is 5.69 Å². The van der Waals surface area contributed by atoms with Crippen LogP contribution in [0.5, 0.6) is 0 Å². The van der Waals surface area contributed by atoms with Gasteiger partial charge in [0.25, 0.3) is 0 Å². The zero-order valence-corrected chi connectivity index (χ0v) is 11.4. The summed E-state index contributed by atoms with van der Waals surface area (Å²) in [4.78, 5) is 2.42. The lowest BCUT2D eigenvalue weighted by Crippen LogP contribution is -2.36. The van der Waals surface area contributed by atoms with Gasteiger partial charge in [-0.2, -0.15) is 5.26 Å². The minimum atomic E-state index is 0.491. The largest absolute Gasteiger partial charge is 0.382 e. The summed E-state index contributed by atoms with van der Waals surface area (Å²) in [6, 6.07) is 9.48. The lowest BCUT2D eigenvalue weighted by atomic mass is 10.1. The molecule has 1 fully saturated rings. The van der Waals surface area contributed by atoms with Crippen molar-refractivity contribution in [2.45, 2.75) is 38.8 Å². The van der Waals surface area contributed by atoms with Crippen LogP contribution >= 0.6 is 0 Å². The van der Waals surface area contributed by atoms with Crippen molar-refractivity contribution in [2.24, 2.45) is 0 Å². The molecule has 96 valence electrons. The van der Waals surface area contributed by atoms with Crippen LogP contribution in [0.25, 0.3) is 0 Å². The van der Waals surface area contributed by atoms with Gasteiger partial charge in [0.15, 0.2) is 0 Å². The lowest BCUT2D eigenvalue weighted by molar-refractivity contribution is 0.257. The molecule has 1 aromatic carbocycles. The van der Waals surface area contributed by atoms with E-state index in [1.807, 2.05) is 25.1 Å². The first-order valence-corrected chi connectivity index (χ1v) is 6.58. The fourth-order valence-electron chi connectivity index (χ4n) is 2.15. The van der Waals surface area contributed by atoms with E-state index in [1.54, 1.807) is 0 Å². The van der Waals surface area contributed by atoms with Gasteiger partial charge in [0.05, 0.1) is 11.3 Å². The molecular formula is C15H21N3. The number of likely N-dealkylation sites (N-methyl/N-ethyl adjacent to an activating group) is 1. The lowest BCUT2D eigenvalue weighted by Gasteiger charge is -2.25. The molecule has 1 N–H and O–H groups in total. The highest BCUT2D eigenvalue weighted by molar-refractivity contribution is 5.58. The molecule has 0 aliphatic heterocycles. The maximum atomic E-state index is 9.12. The average Bonchev–Trinajstić information content (AvgIpc) is 3.20. The molecule has 0 aromatic heterocycles. The number of nitrogens with one attached hydrogen (secondary N) is 1. The molecule has 1 unspecified atom stereocenters. The van der Waals surface area contributed by atoms with Crippen LogP contribution in [0.15, 0.2) is 18.2 Å². The molecule has 0 radical (unpaired) electrons. The van der Waals surface area contributed by atoms with E-state index in [-0.39, 0.29) is 0 Å². The van der Waals surface area contributed by atoms with Gasteiger partial charge in [0.2, 0.25) is 0 Å². The van der Waals surface area contributed by atoms with Gasteiger partial charge in [-0.25, -0.2) is 0 Å². The molecule has 1 aliphatic rings. The van der Waals surface area contributed by atoms with Crippen LogP contribution in [0.2, 0.25) is 0 Å². The van der Waals surface area contributed by atoms with E-state index in [9.17, 15) is 0 Å². The van der Waals surface area contributed by atoms with Gasteiger partial charge in [-0.15, -0.1) is 0 Å². The topological polar surface area (TPSA) is 39.1 Å². The Balaban J connectivity index is 1.95. The van der Waals surface area contributed by atoms with Crippen LogP contribution in [0.3, 0.4) is 0 Å². The van der Waals surface area contributed by atoms with Gasteiger partial charge in [-0.05, 0) is 51.4 Å². The minimum Gasteiger partial charge on any atom is -0.382 e. The monoisotopic (exact) mass is 243 g/mol. The Morgan fingerprint density at radius 2 is 2.22 bits per heavy atom. The highest BCUT2D eigenvalue weighted by Gasteiger charge is 2.28. The van der Waals surface area contributed by atoms with Crippen molar-refractivity contribution < 1.29 is 0 Å². The van der Waals surface area contributed by atoms with Gasteiger partial charge in [-0.1, -0.05) is 6.07 Å². The van der Waals surface area contributed by atoms with Crippen molar-refractivity contribution in [3.05, 3.63) is 29.3 Å². The second kappa shape index (κ2) is 5.41. The molecule has 1 aliphatic carbocycles. The van der Waals surface area contributed by atoms with Crippen molar-refractivity contribution in [1.82, 2.24) is 4.90 Å². The SMILES string of the molecule is Cc1ccc(NCC(C)N(C)C2CC2)c(C#N)c1. The molecular weight excluding hydrogens is 222 g/mol. The van der Waals surface area contributed by atoms with Gasteiger partial charge in [-0.3, -0.25) is 4.90 Å². The first-order chi connectivity index (χ1) is 8.61. The van der Waals surface area contributed by atoms with Crippen LogP contribution in [0.4, 0.5) is 5.69 Å². The Bertz CT molecular complexity index is 457. The third kappa shape index (κ3) is 3.02. The molecule has 0 spiro atoms. The zero-order valence-electron chi connectivity index (χ0n) is 11.4. The third-order valence-electron chi connectivity index (χ3n) is 3.70. The molecule has 1 aromatic rings. The number of hydrogen-bond acceptors (Lipinski definition) is 3. The Morgan fingerprint density at radius 3 is 2.83 bits per heavy atom. The van der Waals surface area contributed by atoms with Gasteiger partial charge < -0.3 is 5.32 Å². The third-order valence-corrected chi connectivity index (χ3v) is 3.70. The van der Waals surface area contributed by atoms with E-state index >= 15 is 0 Å². The summed E-state index contributed by atoms with van der Waals surface area (Å²) >= 11 is 0. The number of aryl methyl sites for hydroxylation is 1. The average molecular weight is 243 g/mol. The van der Waals surface area contributed by atoms with Crippen molar-refractivity contribution in [3.8, 4) is 6.07 Å². The number of nitrogens with zero attached hydrogens (tertiary/aromatic N) is 2. The van der Waals surface area contributed by atoms with Crippen molar-refractivity contribution in [3.63, 3.8) is 0 Å². The molecule has 0 amide bonds. The summed E-state index contributed by atoms with van der Waals surface area (Å²) in [7, 11) is 2.18. The molecule has 0 bridgehead atoms. The second-order valence-corrected chi connectivity index (χ2v) is 5.29. The number of anilines is 1. The van der Waals surface area contributed by atoms with Crippen molar-refractivity contribution in [1.29, 1.82) is 5.26 Å². The van der Waals surface area contributed by atoms with Crippen LogP contribution in [0, 0.1) is 18.3 Å². The Hall–Kier alpha value is -1.53. The zero-order chi connectivity index (χ0) is 13.1. The van der Waals surface area contributed by atoms with Gasteiger partial charge >= 0.3 is 0 Å². The number of hydrogen-bond donors (Lipinski definition) is 1. The minimum absolute atomic E-state index is 0.491. The highest BCUT2D eigenvalue weighted by atomic mass is 15.2. The fourth-order valence-corrected chi connectivity index (χ4v) is 2.15. The Labute approximate surface area is 109 Å². The van der Waals surface area contributed by atoms with E-state index in [1.165, 1.54) is 12.8 Å².